The van der Waals surface area contributed by atoms with Crippen LogP contribution in [0.25, 0.3) is 0 Å². The molecule has 0 N–H and O–H groups in total. The number of likely N-dealkylation sites (N-methyl/N-ethyl adjacent to an activating group) is 1. The van der Waals surface area contributed by atoms with Crippen LogP contribution in [0.4, 0.5) is 16.0 Å². The minimum absolute atomic E-state index is 0.277. The fourth-order valence-electron chi connectivity index (χ4n) is 3.25. The van der Waals surface area contributed by atoms with E-state index in [0.29, 0.717) is 6.04 Å². The number of hydrogen-bond donors (Lipinski definition) is 0. The van der Waals surface area contributed by atoms with Crippen molar-refractivity contribution in [2.24, 2.45) is 0 Å². The molecule has 1 unspecified atom stereocenters. The molecule has 0 aromatic carbocycles. The van der Waals surface area contributed by atoms with Crippen LogP contribution < -0.4 is 9.80 Å². The number of nitrogens with zero attached hydrogens (tertiary/aromatic N) is 6. The smallest absolute Gasteiger partial charge is 0.141 e. The lowest BCUT2D eigenvalue weighted by molar-refractivity contribution is 0.198. The molecular formula is C18H25FN6. The highest BCUT2D eigenvalue weighted by molar-refractivity contribution is 5.49. The lowest BCUT2D eigenvalue weighted by atomic mass is 10.0. The molecule has 3 heterocycles. The number of anilines is 2. The lowest BCUT2D eigenvalue weighted by Gasteiger charge is -2.38. The second-order valence-corrected chi connectivity index (χ2v) is 6.78. The third-order valence-corrected chi connectivity index (χ3v) is 4.65. The quantitative estimate of drug-likeness (QED) is 0.829. The molecule has 3 rings (SSSR count). The van der Waals surface area contributed by atoms with Crippen LogP contribution in [0.1, 0.15) is 18.4 Å². The summed E-state index contributed by atoms with van der Waals surface area (Å²) in [6.07, 6.45) is 6.83. The van der Waals surface area contributed by atoms with Crippen molar-refractivity contribution >= 4 is 11.6 Å². The minimum Gasteiger partial charge on any atom is -0.363 e. The van der Waals surface area contributed by atoms with E-state index in [-0.39, 0.29) is 5.82 Å². The lowest BCUT2D eigenvalue weighted by Crippen LogP contribution is -2.46. The number of hydrogen-bond acceptors (Lipinski definition) is 6. The number of rotatable bonds is 5. The van der Waals surface area contributed by atoms with Gasteiger partial charge in [0, 0.05) is 52.5 Å². The van der Waals surface area contributed by atoms with Gasteiger partial charge in [-0.05, 0) is 31.0 Å². The Morgan fingerprint density at radius 3 is 2.72 bits per heavy atom. The SMILES string of the molecule is CN(C)c1cc(N(C)C2CCCN(Cc3cncc(F)c3)C2)ncn1. The summed E-state index contributed by atoms with van der Waals surface area (Å²) in [5.74, 6) is 1.55. The van der Waals surface area contributed by atoms with Gasteiger partial charge in [0.25, 0.3) is 0 Å². The first kappa shape index (κ1) is 17.5. The third-order valence-electron chi connectivity index (χ3n) is 4.65. The van der Waals surface area contributed by atoms with E-state index in [1.807, 2.05) is 25.1 Å². The Hall–Kier alpha value is -2.28. The van der Waals surface area contributed by atoms with Gasteiger partial charge in [-0.25, -0.2) is 14.4 Å². The Labute approximate surface area is 148 Å². The van der Waals surface area contributed by atoms with Gasteiger partial charge in [0.1, 0.15) is 23.8 Å². The Morgan fingerprint density at radius 1 is 1.16 bits per heavy atom. The van der Waals surface area contributed by atoms with Crippen molar-refractivity contribution < 1.29 is 4.39 Å². The van der Waals surface area contributed by atoms with Crippen LogP contribution in [0.3, 0.4) is 0 Å². The van der Waals surface area contributed by atoms with Gasteiger partial charge in [-0.15, -0.1) is 0 Å². The minimum atomic E-state index is -0.277. The highest BCUT2D eigenvalue weighted by Gasteiger charge is 2.24. The molecule has 0 amide bonds. The maximum absolute atomic E-state index is 13.3. The van der Waals surface area contributed by atoms with Crippen LogP contribution in [0.5, 0.6) is 0 Å². The maximum atomic E-state index is 13.3. The van der Waals surface area contributed by atoms with Gasteiger partial charge in [-0.2, -0.15) is 0 Å². The zero-order valence-corrected chi connectivity index (χ0v) is 15.1. The molecule has 2 aromatic rings. The van der Waals surface area contributed by atoms with Crippen molar-refractivity contribution in [1.29, 1.82) is 0 Å². The maximum Gasteiger partial charge on any atom is 0.141 e. The molecule has 0 bridgehead atoms. The third kappa shape index (κ3) is 4.42. The van der Waals surface area contributed by atoms with Crippen molar-refractivity contribution in [2.75, 3.05) is 44.0 Å². The first-order chi connectivity index (χ1) is 12.0. The zero-order valence-electron chi connectivity index (χ0n) is 15.1. The number of halogens is 1. The molecular weight excluding hydrogens is 319 g/mol. The van der Waals surface area contributed by atoms with Gasteiger partial charge in [-0.1, -0.05) is 0 Å². The zero-order chi connectivity index (χ0) is 17.8. The van der Waals surface area contributed by atoms with Gasteiger partial charge in [0.15, 0.2) is 0 Å². The van der Waals surface area contributed by atoms with Crippen LogP contribution in [-0.4, -0.2) is 60.1 Å². The number of piperidine rings is 1. The van der Waals surface area contributed by atoms with E-state index < -0.39 is 0 Å². The van der Waals surface area contributed by atoms with Crippen LogP contribution in [0.15, 0.2) is 30.9 Å². The molecule has 1 atom stereocenters. The standard InChI is InChI=1S/C18H25FN6/c1-23(2)17-8-18(22-13-21-17)24(3)16-5-4-6-25(12-16)11-14-7-15(19)10-20-9-14/h7-10,13,16H,4-6,11-12H2,1-3H3. The second kappa shape index (κ2) is 7.74. The van der Waals surface area contributed by atoms with Crippen LogP contribution in [-0.2, 0) is 6.54 Å². The van der Waals surface area contributed by atoms with Gasteiger partial charge < -0.3 is 9.80 Å². The molecule has 0 aliphatic carbocycles. The van der Waals surface area contributed by atoms with Crippen molar-refractivity contribution in [2.45, 2.75) is 25.4 Å². The monoisotopic (exact) mass is 344 g/mol. The van der Waals surface area contributed by atoms with E-state index >= 15 is 0 Å². The molecule has 1 fully saturated rings. The summed E-state index contributed by atoms with van der Waals surface area (Å²) < 4.78 is 13.3. The predicted molar refractivity (Wildman–Crippen MR) is 97.3 cm³/mol. The molecule has 134 valence electrons. The van der Waals surface area contributed by atoms with Crippen LogP contribution in [0.2, 0.25) is 0 Å². The van der Waals surface area contributed by atoms with Crippen LogP contribution in [0, 0.1) is 5.82 Å². The number of pyridine rings is 1. The molecule has 7 heteroatoms. The van der Waals surface area contributed by atoms with Gasteiger partial charge in [0.05, 0.1) is 6.20 Å². The van der Waals surface area contributed by atoms with Gasteiger partial charge in [0.2, 0.25) is 0 Å². The highest BCUT2D eigenvalue weighted by Crippen LogP contribution is 2.22. The summed E-state index contributed by atoms with van der Waals surface area (Å²) in [5.41, 5.74) is 0.917. The molecule has 0 spiro atoms. The summed E-state index contributed by atoms with van der Waals surface area (Å²) in [6.45, 7) is 2.67. The average Bonchev–Trinajstić information content (AvgIpc) is 2.61. The number of aromatic nitrogens is 3. The fraction of sp³-hybridized carbons (Fsp3) is 0.500. The summed E-state index contributed by atoms with van der Waals surface area (Å²) >= 11 is 0. The average molecular weight is 344 g/mol. The summed E-state index contributed by atoms with van der Waals surface area (Å²) in [7, 11) is 6.03. The fourth-order valence-corrected chi connectivity index (χ4v) is 3.25. The molecule has 0 saturated carbocycles. The molecule has 1 aliphatic heterocycles. The summed E-state index contributed by atoms with van der Waals surface area (Å²) in [5, 5.41) is 0. The second-order valence-electron chi connectivity index (χ2n) is 6.78. The summed E-state index contributed by atoms with van der Waals surface area (Å²) in [4.78, 5) is 19.2. The van der Waals surface area contributed by atoms with Crippen LogP contribution >= 0.6 is 0 Å². The summed E-state index contributed by atoms with van der Waals surface area (Å²) in [6, 6.07) is 3.95. The Kier molecular flexibility index (Phi) is 5.43. The predicted octanol–water partition coefficient (Wildman–Crippen LogP) is 2.18. The molecule has 0 radical (unpaired) electrons. The highest BCUT2D eigenvalue weighted by atomic mass is 19.1. The molecule has 6 nitrogen and oxygen atoms in total. The van der Waals surface area contributed by atoms with Gasteiger partial charge >= 0.3 is 0 Å². The van der Waals surface area contributed by atoms with E-state index in [1.165, 1.54) is 6.20 Å². The van der Waals surface area contributed by atoms with E-state index in [4.69, 9.17) is 0 Å². The number of likely N-dealkylation sites (tertiary alicyclic amines) is 1. The van der Waals surface area contributed by atoms with Crippen molar-refractivity contribution in [3.05, 3.63) is 42.2 Å². The van der Waals surface area contributed by atoms with E-state index in [1.54, 1.807) is 18.6 Å². The molecule has 1 aliphatic rings. The van der Waals surface area contributed by atoms with E-state index in [2.05, 4.69) is 31.8 Å². The first-order valence-corrected chi connectivity index (χ1v) is 8.57. The Bertz CT molecular complexity index is 707. The van der Waals surface area contributed by atoms with Crippen molar-refractivity contribution in [3.63, 3.8) is 0 Å². The van der Waals surface area contributed by atoms with Gasteiger partial charge in [-0.3, -0.25) is 9.88 Å². The molecule has 2 aromatic heterocycles. The topological polar surface area (TPSA) is 48.4 Å². The Balaban J connectivity index is 1.67. The Morgan fingerprint density at radius 2 is 1.96 bits per heavy atom. The normalized spacial score (nSPS) is 18.2. The molecule has 25 heavy (non-hydrogen) atoms. The van der Waals surface area contributed by atoms with E-state index in [9.17, 15) is 4.39 Å². The molecule has 1 saturated heterocycles. The largest absolute Gasteiger partial charge is 0.363 e. The first-order valence-electron chi connectivity index (χ1n) is 8.57. The van der Waals surface area contributed by atoms with Crippen molar-refractivity contribution in [3.8, 4) is 0 Å². The van der Waals surface area contributed by atoms with Crippen molar-refractivity contribution in [1.82, 2.24) is 19.9 Å². The van der Waals surface area contributed by atoms with E-state index in [0.717, 1.165) is 49.7 Å².